The Hall–Kier alpha value is -0.736. The average molecular weight is 278 g/mol. The predicted octanol–water partition coefficient (Wildman–Crippen LogP) is 1.93. The predicted molar refractivity (Wildman–Crippen MR) is 50.5 cm³/mol. The van der Waals surface area contributed by atoms with Gasteiger partial charge in [-0.1, -0.05) is 0 Å². The third-order valence-corrected chi connectivity index (χ3v) is 1.49. The van der Waals surface area contributed by atoms with Gasteiger partial charge in [-0.05, 0) is 12.3 Å². The minimum Gasteiger partial charge on any atom is -0.358 e. The molecule has 0 aliphatic carbocycles. The number of aromatic nitrogens is 3. The van der Waals surface area contributed by atoms with Crippen molar-refractivity contribution in [3.05, 3.63) is 50.2 Å². The van der Waals surface area contributed by atoms with Crippen molar-refractivity contribution < 1.29 is 37.1 Å². The first-order valence-electron chi connectivity index (χ1n) is 3.67. The maximum atomic E-state index is 12.4. The zero-order chi connectivity index (χ0) is 9.10. The van der Waals surface area contributed by atoms with Crippen LogP contribution in [0.25, 0.3) is 11.4 Å². The smallest absolute Gasteiger partial charge is 0.120 e. The van der Waals surface area contributed by atoms with E-state index in [0.29, 0.717) is 11.4 Å². The first kappa shape index (κ1) is 14.3. The summed E-state index contributed by atoms with van der Waals surface area (Å²) in [4.78, 5) is 11.4. The zero-order valence-corrected chi connectivity index (χ0v) is 11.0. The Morgan fingerprint density at radius 3 is 2.33 bits per heavy atom. The van der Waals surface area contributed by atoms with Crippen LogP contribution in [0.2, 0.25) is 0 Å². The molecule has 2 rings (SSSR count). The molecule has 0 fully saturated rings. The van der Waals surface area contributed by atoms with E-state index in [1.165, 1.54) is 12.3 Å². The number of pyridine rings is 1. The first-order valence-corrected chi connectivity index (χ1v) is 3.67. The van der Waals surface area contributed by atoms with E-state index in [4.69, 9.17) is 0 Å². The molecule has 2 aromatic heterocycles. The second-order valence-electron chi connectivity index (χ2n) is 2.37. The standard InChI is InChI=1S/C9H5FN3.CH3.Y/c10-8-3-2-7(6-13-8)9-11-4-1-5-12-9;;/h1-2,4-6H;1H3;/q2*-1;. The molecule has 0 saturated carbocycles. The van der Waals surface area contributed by atoms with Gasteiger partial charge in [0.05, 0.1) is 5.82 Å². The molecule has 15 heavy (non-hydrogen) atoms. The van der Waals surface area contributed by atoms with Crippen LogP contribution in [-0.4, -0.2) is 15.0 Å². The second kappa shape index (κ2) is 6.69. The van der Waals surface area contributed by atoms with E-state index >= 15 is 0 Å². The quantitative estimate of drug-likeness (QED) is 0.591. The van der Waals surface area contributed by atoms with Crippen molar-refractivity contribution >= 4 is 0 Å². The van der Waals surface area contributed by atoms with Crippen LogP contribution in [0, 0.1) is 19.4 Å². The molecule has 0 saturated heterocycles. The summed E-state index contributed by atoms with van der Waals surface area (Å²) in [5.41, 5.74) is 0.655. The number of hydrogen-bond acceptors (Lipinski definition) is 3. The average Bonchev–Trinajstić information content (AvgIpc) is 2.20. The minimum absolute atomic E-state index is 0. The number of halogens is 1. The SMILES string of the molecule is Fc1[c-]cc(-c2ncccn2)cn1.[CH3-].[Y]. The van der Waals surface area contributed by atoms with Gasteiger partial charge < -0.3 is 7.43 Å². The number of rotatable bonds is 1. The van der Waals surface area contributed by atoms with Crippen molar-refractivity contribution in [2.45, 2.75) is 0 Å². The van der Waals surface area contributed by atoms with Crippen LogP contribution in [0.3, 0.4) is 0 Å². The Morgan fingerprint density at radius 2 is 1.80 bits per heavy atom. The van der Waals surface area contributed by atoms with Gasteiger partial charge >= 0.3 is 0 Å². The summed E-state index contributed by atoms with van der Waals surface area (Å²) < 4.78 is 12.4. The van der Waals surface area contributed by atoms with Gasteiger partial charge in [0.2, 0.25) is 0 Å². The maximum Gasteiger partial charge on any atom is 0.120 e. The van der Waals surface area contributed by atoms with E-state index in [9.17, 15) is 4.39 Å². The molecule has 0 atom stereocenters. The van der Waals surface area contributed by atoms with E-state index in [2.05, 4.69) is 21.0 Å². The van der Waals surface area contributed by atoms with Gasteiger partial charge in [-0.3, -0.25) is 15.0 Å². The maximum absolute atomic E-state index is 12.4. The summed E-state index contributed by atoms with van der Waals surface area (Å²) in [6.07, 6.45) is 4.61. The van der Waals surface area contributed by atoms with Crippen LogP contribution >= 0.6 is 0 Å². The molecule has 2 heterocycles. The van der Waals surface area contributed by atoms with Crippen LogP contribution in [0.15, 0.2) is 30.7 Å². The zero-order valence-electron chi connectivity index (χ0n) is 8.18. The minimum atomic E-state index is -0.625. The molecule has 0 unspecified atom stereocenters. The molecule has 0 bridgehead atoms. The van der Waals surface area contributed by atoms with E-state index in [0.717, 1.165) is 0 Å². The fourth-order valence-electron chi connectivity index (χ4n) is 0.909. The molecule has 1 radical (unpaired) electrons. The van der Waals surface area contributed by atoms with Crippen molar-refractivity contribution in [3.8, 4) is 11.4 Å². The number of hydrogen-bond donors (Lipinski definition) is 0. The summed E-state index contributed by atoms with van der Waals surface area (Å²) in [5.74, 6) is -0.106. The summed E-state index contributed by atoms with van der Waals surface area (Å²) in [6.45, 7) is 0. The van der Waals surface area contributed by atoms with Gasteiger partial charge in [0.25, 0.3) is 0 Å². The fourth-order valence-corrected chi connectivity index (χ4v) is 0.909. The molecule has 3 nitrogen and oxygen atoms in total. The van der Waals surface area contributed by atoms with Gasteiger partial charge in [0.15, 0.2) is 0 Å². The van der Waals surface area contributed by atoms with Crippen LogP contribution < -0.4 is 0 Å². The number of nitrogens with zero attached hydrogens (tertiary/aromatic N) is 3. The molecule has 75 valence electrons. The van der Waals surface area contributed by atoms with E-state index in [1.807, 2.05) is 0 Å². The van der Waals surface area contributed by atoms with Crippen LogP contribution in [0.5, 0.6) is 0 Å². The largest absolute Gasteiger partial charge is 0.358 e. The van der Waals surface area contributed by atoms with Crippen molar-refractivity contribution in [2.75, 3.05) is 0 Å². The summed E-state index contributed by atoms with van der Waals surface area (Å²) in [7, 11) is 0. The van der Waals surface area contributed by atoms with Crippen LogP contribution in [-0.2, 0) is 32.7 Å². The van der Waals surface area contributed by atoms with E-state index < -0.39 is 5.95 Å². The van der Waals surface area contributed by atoms with Gasteiger partial charge in [0.1, 0.15) is 5.95 Å². The molecular weight excluding hydrogens is 270 g/mol. The second-order valence-corrected chi connectivity index (χ2v) is 2.37. The molecule has 0 N–H and O–H groups in total. The molecule has 0 aromatic carbocycles. The molecule has 2 aromatic rings. The molecule has 0 aliphatic heterocycles. The van der Waals surface area contributed by atoms with Crippen molar-refractivity contribution in [3.63, 3.8) is 0 Å². The van der Waals surface area contributed by atoms with Crippen LogP contribution in [0.1, 0.15) is 0 Å². The Kier molecular flexibility index (Phi) is 6.36. The Morgan fingerprint density at radius 1 is 1.13 bits per heavy atom. The van der Waals surface area contributed by atoms with Gasteiger partial charge in [-0.15, -0.1) is 5.56 Å². The molecule has 5 heteroatoms. The monoisotopic (exact) mass is 278 g/mol. The van der Waals surface area contributed by atoms with E-state index in [-0.39, 0.29) is 40.1 Å². The first-order chi connectivity index (χ1) is 6.36. The Balaban J connectivity index is 0.000000980. The van der Waals surface area contributed by atoms with Gasteiger partial charge in [-0.2, -0.15) is 6.07 Å². The molecule has 0 amide bonds. The fraction of sp³-hybridized carbons (Fsp3) is 0. The van der Waals surface area contributed by atoms with Gasteiger partial charge in [-0.25, -0.2) is 10.5 Å². The third kappa shape index (κ3) is 3.72. The molecule has 0 aliphatic rings. The topological polar surface area (TPSA) is 38.7 Å². The summed E-state index contributed by atoms with van der Waals surface area (Å²) in [5, 5.41) is 0. The Labute approximate surface area is 113 Å². The summed E-state index contributed by atoms with van der Waals surface area (Å²) >= 11 is 0. The van der Waals surface area contributed by atoms with E-state index in [1.54, 1.807) is 18.5 Å². The Bertz CT molecular complexity index is 391. The molecule has 0 spiro atoms. The molecular formula is C10H8FN3Y-2. The summed E-state index contributed by atoms with van der Waals surface area (Å²) in [6, 6.07) is 5.52. The normalized spacial score (nSPS) is 8.60. The van der Waals surface area contributed by atoms with Crippen LogP contribution in [0.4, 0.5) is 4.39 Å². The van der Waals surface area contributed by atoms with Crippen molar-refractivity contribution in [1.29, 1.82) is 0 Å². The van der Waals surface area contributed by atoms with Crippen molar-refractivity contribution in [1.82, 2.24) is 15.0 Å². The van der Waals surface area contributed by atoms with Crippen molar-refractivity contribution in [2.24, 2.45) is 0 Å². The third-order valence-electron chi connectivity index (χ3n) is 1.49. The van der Waals surface area contributed by atoms with Gasteiger partial charge in [0, 0.05) is 45.1 Å².